The van der Waals surface area contributed by atoms with Gasteiger partial charge in [-0.3, -0.25) is 4.79 Å². The summed E-state index contributed by atoms with van der Waals surface area (Å²) in [6.45, 7) is 6.56. The number of benzene rings is 2. The highest BCUT2D eigenvalue weighted by Gasteiger charge is 2.13. The van der Waals surface area contributed by atoms with Crippen LogP contribution in [0.2, 0.25) is 0 Å². The molecule has 128 valence electrons. The average molecular weight is 343 g/mol. The van der Waals surface area contributed by atoms with Gasteiger partial charge in [-0.1, -0.05) is 36.4 Å². The molecule has 2 aromatic carbocycles. The molecule has 0 unspecified atom stereocenters. The SMILES string of the molecule is Cc1cccc(O[C@@H](C)C(=O)NCCSCc2ccccc2C)c1. The molecule has 0 saturated heterocycles. The van der Waals surface area contributed by atoms with E-state index in [1.807, 2.05) is 43.0 Å². The lowest BCUT2D eigenvalue weighted by molar-refractivity contribution is -0.127. The average Bonchev–Trinajstić information content (AvgIpc) is 2.56. The Morgan fingerprint density at radius 2 is 1.96 bits per heavy atom. The summed E-state index contributed by atoms with van der Waals surface area (Å²) in [5.41, 5.74) is 3.78. The van der Waals surface area contributed by atoms with Gasteiger partial charge >= 0.3 is 0 Å². The lowest BCUT2D eigenvalue weighted by atomic mass is 10.1. The van der Waals surface area contributed by atoms with E-state index in [9.17, 15) is 4.79 Å². The first-order chi connectivity index (χ1) is 11.6. The molecule has 1 atom stereocenters. The number of hydrogen-bond acceptors (Lipinski definition) is 3. The van der Waals surface area contributed by atoms with Gasteiger partial charge in [0.05, 0.1) is 0 Å². The van der Waals surface area contributed by atoms with Gasteiger partial charge in [0.1, 0.15) is 5.75 Å². The van der Waals surface area contributed by atoms with E-state index in [1.165, 1.54) is 11.1 Å². The number of thioether (sulfide) groups is 1. The van der Waals surface area contributed by atoms with Gasteiger partial charge in [0.2, 0.25) is 0 Å². The molecule has 1 N–H and O–H groups in total. The van der Waals surface area contributed by atoms with E-state index in [-0.39, 0.29) is 5.91 Å². The van der Waals surface area contributed by atoms with Crippen LogP contribution in [0.3, 0.4) is 0 Å². The molecule has 1 amide bonds. The van der Waals surface area contributed by atoms with Crippen molar-refractivity contribution < 1.29 is 9.53 Å². The van der Waals surface area contributed by atoms with Gasteiger partial charge in [0, 0.05) is 18.1 Å². The molecule has 0 aliphatic heterocycles. The van der Waals surface area contributed by atoms with E-state index >= 15 is 0 Å². The van der Waals surface area contributed by atoms with Crippen molar-refractivity contribution in [3.63, 3.8) is 0 Å². The number of nitrogens with one attached hydrogen (secondary N) is 1. The van der Waals surface area contributed by atoms with E-state index in [4.69, 9.17) is 4.74 Å². The van der Waals surface area contributed by atoms with Crippen LogP contribution in [0.4, 0.5) is 0 Å². The molecule has 0 aliphatic carbocycles. The second-order valence-corrected chi connectivity index (χ2v) is 6.95. The Morgan fingerprint density at radius 3 is 2.71 bits per heavy atom. The normalized spacial score (nSPS) is 11.8. The Hall–Kier alpha value is -1.94. The van der Waals surface area contributed by atoms with Crippen molar-refractivity contribution in [1.82, 2.24) is 5.32 Å². The van der Waals surface area contributed by atoms with Gasteiger partial charge < -0.3 is 10.1 Å². The third-order valence-corrected chi connectivity index (χ3v) is 4.74. The lowest BCUT2D eigenvalue weighted by Crippen LogP contribution is -2.37. The molecule has 2 rings (SSSR count). The number of ether oxygens (including phenoxy) is 1. The van der Waals surface area contributed by atoms with Crippen LogP contribution in [0.5, 0.6) is 5.75 Å². The molecule has 0 aromatic heterocycles. The molecule has 0 heterocycles. The van der Waals surface area contributed by atoms with Crippen molar-refractivity contribution in [1.29, 1.82) is 0 Å². The van der Waals surface area contributed by atoms with Crippen LogP contribution in [0, 0.1) is 13.8 Å². The van der Waals surface area contributed by atoms with E-state index in [1.54, 1.807) is 6.92 Å². The first-order valence-electron chi connectivity index (χ1n) is 8.19. The fraction of sp³-hybridized carbons (Fsp3) is 0.350. The number of hydrogen-bond donors (Lipinski definition) is 1. The van der Waals surface area contributed by atoms with Gasteiger partial charge in [0.25, 0.3) is 5.91 Å². The molecule has 3 nitrogen and oxygen atoms in total. The van der Waals surface area contributed by atoms with Gasteiger partial charge in [-0.15, -0.1) is 0 Å². The summed E-state index contributed by atoms with van der Waals surface area (Å²) in [7, 11) is 0. The molecular weight excluding hydrogens is 318 g/mol. The quantitative estimate of drug-likeness (QED) is 0.733. The smallest absolute Gasteiger partial charge is 0.260 e. The number of rotatable bonds is 8. The standard InChI is InChI=1S/C20H25NO2S/c1-15-7-6-10-19(13-15)23-17(3)20(22)21-11-12-24-14-18-9-5-4-8-16(18)2/h4-10,13,17H,11-12,14H2,1-3H3,(H,21,22)/t17-/m0/s1. The Bertz CT molecular complexity index is 672. The number of carbonyl (C=O) groups excluding carboxylic acids is 1. The number of aryl methyl sites for hydroxylation is 2. The second kappa shape index (κ2) is 9.38. The Labute approximate surface area is 148 Å². The van der Waals surface area contributed by atoms with Crippen molar-refractivity contribution in [2.45, 2.75) is 32.6 Å². The maximum atomic E-state index is 12.1. The number of carbonyl (C=O) groups is 1. The minimum absolute atomic E-state index is 0.0759. The van der Waals surface area contributed by atoms with Crippen LogP contribution in [0.15, 0.2) is 48.5 Å². The van der Waals surface area contributed by atoms with Crippen molar-refractivity contribution in [3.8, 4) is 5.75 Å². The molecule has 0 spiro atoms. The molecule has 0 radical (unpaired) electrons. The van der Waals surface area contributed by atoms with Crippen LogP contribution in [0.1, 0.15) is 23.6 Å². The fourth-order valence-corrected chi connectivity index (χ4v) is 3.23. The molecule has 0 bridgehead atoms. The summed E-state index contributed by atoms with van der Waals surface area (Å²) in [6.07, 6.45) is -0.492. The zero-order valence-corrected chi connectivity index (χ0v) is 15.4. The summed E-state index contributed by atoms with van der Waals surface area (Å²) in [4.78, 5) is 12.1. The van der Waals surface area contributed by atoms with E-state index in [0.29, 0.717) is 6.54 Å². The van der Waals surface area contributed by atoms with E-state index in [2.05, 4.69) is 36.5 Å². The maximum Gasteiger partial charge on any atom is 0.260 e. The Kier molecular flexibility index (Phi) is 7.19. The molecule has 0 saturated carbocycles. The van der Waals surface area contributed by atoms with E-state index < -0.39 is 6.10 Å². The summed E-state index contributed by atoms with van der Waals surface area (Å²) in [6, 6.07) is 16.1. The maximum absolute atomic E-state index is 12.1. The zero-order valence-electron chi connectivity index (χ0n) is 14.5. The summed E-state index contributed by atoms with van der Waals surface area (Å²) in [5, 5.41) is 2.93. The van der Waals surface area contributed by atoms with Crippen LogP contribution in [-0.4, -0.2) is 24.3 Å². The van der Waals surface area contributed by atoms with Crippen molar-refractivity contribution >= 4 is 17.7 Å². The second-order valence-electron chi connectivity index (χ2n) is 5.85. The van der Waals surface area contributed by atoms with Gasteiger partial charge in [-0.05, 0) is 49.6 Å². The van der Waals surface area contributed by atoms with Crippen LogP contribution in [0.25, 0.3) is 0 Å². The van der Waals surface area contributed by atoms with Crippen molar-refractivity contribution in [2.24, 2.45) is 0 Å². The minimum atomic E-state index is -0.492. The predicted molar refractivity (Wildman–Crippen MR) is 102 cm³/mol. The highest BCUT2D eigenvalue weighted by atomic mass is 32.2. The predicted octanol–water partition coefficient (Wildman–Crippen LogP) is 4.12. The highest BCUT2D eigenvalue weighted by Crippen LogP contribution is 2.16. The first kappa shape index (κ1) is 18.4. The van der Waals surface area contributed by atoms with Crippen molar-refractivity contribution in [2.75, 3.05) is 12.3 Å². The summed E-state index contributed by atoms with van der Waals surface area (Å²) >= 11 is 1.82. The molecule has 24 heavy (non-hydrogen) atoms. The third kappa shape index (κ3) is 5.93. The fourth-order valence-electron chi connectivity index (χ4n) is 2.29. The van der Waals surface area contributed by atoms with Crippen LogP contribution in [-0.2, 0) is 10.5 Å². The van der Waals surface area contributed by atoms with Gasteiger partial charge in [-0.2, -0.15) is 11.8 Å². The number of amides is 1. The molecule has 4 heteroatoms. The van der Waals surface area contributed by atoms with Crippen molar-refractivity contribution in [3.05, 3.63) is 65.2 Å². The van der Waals surface area contributed by atoms with E-state index in [0.717, 1.165) is 22.8 Å². The van der Waals surface area contributed by atoms with Crippen LogP contribution < -0.4 is 10.1 Å². The molecule has 0 fully saturated rings. The monoisotopic (exact) mass is 343 g/mol. The topological polar surface area (TPSA) is 38.3 Å². The summed E-state index contributed by atoms with van der Waals surface area (Å²) < 4.78 is 5.68. The minimum Gasteiger partial charge on any atom is -0.481 e. The summed E-state index contributed by atoms with van der Waals surface area (Å²) in [5.74, 6) is 2.51. The lowest BCUT2D eigenvalue weighted by Gasteiger charge is -2.15. The highest BCUT2D eigenvalue weighted by molar-refractivity contribution is 7.98. The Morgan fingerprint density at radius 1 is 1.17 bits per heavy atom. The molecule has 0 aliphatic rings. The zero-order chi connectivity index (χ0) is 17.4. The van der Waals surface area contributed by atoms with Crippen LogP contribution >= 0.6 is 11.8 Å². The molecular formula is C20H25NO2S. The third-order valence-electron chi connectivity index (χ3n) is 3.74. The van der Waals surface area contributed by atoms with Gasteiger partial charge in [0.15, 0.2) is 6.10 Å². The Balaban J connectivity index is 1.66. The first-order valence-corrected chi connectivity index (χ1v) is 9.35. The largest absolute Gasteiger partial charge is 0.481 e. The molecule has 2 aromatic rings. The van der Waals surface area contributed by atoms with Gasteiger partial charge in [-0.25, -0.2) is 0 Å².